The second-order valence-corrected chi connectivity index (χ2v) is 5.22. The largest absolute Gasteiger partial charge is 0.460 e. The van der Waals surface area contributed by atoms with Crippen molar-refractivity contribution in [2.24, 2.45) is 0 Å². The number of hydrogen-bond donors (Lipinski definition) is 1. The van der Waals surface area contributed by atoms with Gasteiger partial charge in [-0.15, -0.1) is 0 Å². The number of rotatable bonds is 4. The molecule has 0 aliphatic carbocycles. The lowest BCUT2D eigenvalue weighted by atomic mass is 10.2. The van der Waals surface area contributed by atoms with Gasteiger partial charge in [0.25, 0.3) is 12.2 Å². The van der Waals surface area contributed by atoms with E-state index in [1.54, 1.807) is 24.4 Å². The molecule has 5 nitrogen and oxygen atoms in total. The molecule has 3 aromatic rings. The number of halogens is 3. The van der Waals surface area contributed by atoms with Crippen molar-refractivity contribution < 1.29 is 27.0 Å². The summed E-state index contributed by atoms with van der Waals surface area (Å²) in [4.78, 5) is 16.2. The molecule has 0 unspecified atom stereocenters. The highest BCUT2D eigenvalue weighted by Crippen LogP contribution is 2.30. The lowest BCUT2D eigenvalue weighted by Crippen LogP contribution is -2.40. The zero-order chi connectivity index (χ0) is 17.9. The molecule has 0 aliphatic rings. The predicted molar refractivity (Wildman–Crippen MR) is 82.2 cm³/mol. The Morgan fingerprint density at radius 2 is 2.04 bits per heavy atom. The summed E-state index contributed by atoms with van der Waals surface area (Å²) in [6.45, 7) is -0.0817. The normalized spacial score (nSPS) is 11.3. The summed E-state index contributed by atoms with van der Waals surface area (Å²) in [5.41, 5.74) is -0.123. The summed E-state index contributed by atoms with van der Waals surface area (Å²) in [5.74, 6) is 0.137. The zero-order valence-corrected chi connectivity index (χ0v) is 12.8. The minimum Gasteiger partial charge on any atom is -0.460 e. The summed E-state index contributed by atoms with van der Waals surface area (Å²) in [6.07, 6.45) is 0.155. The van der Waals surface area contributed by atoms with Crippen molar-refractivity contribution in [2.75, 3.05) is 5.32 Å². The molecule has 1 amide bonds. The lowest BCUT2D eigenvalue weighted by molar-refractivity contribution is -0.686. The molecule has 0 spiro atoms. The molecule has 3 rings (SSSR count). The van der Waals surface area contributed by atoms with Crippen LogP contribution in [0.3, 0.4) is 0 Å². The van der Waals surface area contributed by atoms with Crippen LogP contribution in [-0.4, -0.2) is 10.9 Å². The summed E-state index contributed by atoms with van der Waals surface area (Å²) in [7, 11) is 0. The molecule has 0 radical (unpaired) electrons. The highest BCUT2D eigenvalue weighted by molar-refractivity contribution is 5.89. The fourth-order valence-corrected chi connectivity index (χ4v) is 2.19. The number of carbonyl (C=O) groups excluding carboxylic acids is 1. The summed E-state index contributed by atoms with van der Waals surface area (Å²) in [5, 5.41) is 2.44. The maximum Gasteiger partial charge on any atom is 0.416 e. The molecule has 0 fully saturated rings. The number of nitrogens with one attached hydrogen (secondary N) is 1. The molecule has 1 N–H and O–H groups in total. The highest BCUT2D eigenvalue weighted by atomic mass is 19.4. The average Bonchev–Trinajstić information content (AvgIpc) is 3.09. The minimum atomic E-state index is -4.46. The topological polar surface area (TPSA) is 59.0 Å². The van der Waals surface area contributed by atoms with Crippen molar-refractivity contribution in [3.8, 4) is 11.5 Å². The number of furan rings is 1. The van der Waals surface area contributed by atoms with E-state index in [1.807, 2.05) is 0 Å². The lowest BCUT2D eigenvalue weighted by Gasteiger charge is -2.09. The molecule has 8 heteroatoms. The fourth-order valence-electron chi connectivity index (χ4n) is 2.19. The van der Waals surface area contributed by atoms with Crippen LogP contribution in [0.15, 0.2) is 65.7 Å². The molecule has 0 atom stereocenters. The molecule has 0 aliphatic heterocycles. The van der Waals surface area contributed by atoms with E-state index < -0.39 is 17.6 Å². The Morgan fingerprint density at radius 1 is 1.20 bits per heavy atom. The van der Waals surface area contributed by atoms with Crippen molar-refractivity contribution >= 4 is 11.6 Å². The second kappa shape index (κ2) is 6.76. The monoisotopic (exact) mass is 348 g/mol. The first kappa shape index (κ1) is 16.7. The maximum absolute atomic E-state index is 12.7. The van der Waals surface area contributed by atoms with E-state index in [0.29, 0.717) is 11.5 Å². The molecular weight excluding hydrogens is 335 g/mol. The number of anilines is 1. The van der Waals surface area contributed by atoms with E-state index >= 15 is 0 Å². The van der Waals surface area contributed by atoms with Gasteiger partial charge in [0.05, 0.1) is 18.0 Å². The van der Waals surface area contributed by atoms with Crippen LogP contribution in [0.2, 0.25) is 0 Å². The summed E-state index contributed by atoms with van der Waals surface area (Å²) in [6, 6.07) is 9.65. The minimum absolute atomic E-state index is 0.0817. The third kappa shape index (κ3) is 4.23. The van der Waals surface area contributed by atoms with Crippen LogP contribution in [0.25, 0.3) is 11.5 Å². The highest BCUT2D eigenvalue weighted by Gasteiger charge is 2.30. The van der Waals surface area contributed by atoms with Crippen LogP contribution >= 0.6 is 0 Å². The Bertz CT molecular complexity index is 860. The van der Waals surface area contributed by atoms with Crippen LogP contribution in [0.1, 0.15) is 5.56 Å². The molecule has 2 heterocycles. The van der Waals surface area contributed by atoms with Crippen LogP contribution in [0.5, 0.6) is 0 Å². The van der Waals surface area contributed by atoms with Gasteiger partial charge >= 0.3 is 6.18 Å². The molecule has 128 valence electrons. The van der Waals surface area contributed by atoms with Gasteiger partial charge in [0.15, 0.2) is 12.3 Å². The van der Waals surface area contributed by atoms with E-state index in [1.165, 1.54) is 29.3 Å². The summed E-state index contributed by atoms with van der Waals surface area (Å²) >= 11 is 0. The number of amides is 1. The average molecular weight is 348 g/mol. The first-order valence-electron chi connectivity index (χ1n) is 7.28. The van der Waals surface area contributed by atoms with Crippen molar-refractivity contribution in [2.45, 2.75) is 12.7 Å². The molecule has 25 heavy (non-hydrogen) atoms. The zero-order valence-electron chi connectivity index (χ0n) is 12.8. The second-order valence-electron chi connectivity index (χ2n) is 5.22. The van der Waals surface area contributed by atoms with Crippen molar-refractivity contribution in [3.63, 3.8) is 0 Å². The molecule has 0 saturated carbocycles. The van der Waals surface area contributed by atoms with E-state index in [9.17, 15) is 18.0 Å². The van der Waals surface area contributed by atoms with Crippen molar-refractivity contribution in [1.82, 2.24) is 4.98 Å². The standard InChI is InChI=1S/C17H12F3N3O2/c18-17(19,20)12-3-1-4-13(9-12)22-16(24)10-23-7-6-14(21-11-23)15-5-2-8-25-15/h1-9,11H,10H2/p+1. The van der Waals surface area contributed by atoms with Gasteiger partial charge in [0.1, 0.15) is 0 Å². The number of hydrogen-bond acceptors (Lipinski definition) is 3. The Labute approximate surface area is 140 Å². The Kier molecular flexibility index (Phi) is 4.51. The first-order valence-corrected chi connectivity index (χ1v) is 7.28. The van der Waals surface area contributed by atoms with Crippen LogP contribution in [0.4, 0.5) is 18.9 Å². The van der Waals surface area contributed by atoms with Crippen LogP contribution < -0.4 is 9.88 Å². The van der Waals surface area contributed by atoms with Gasteiger partial charge in [-0.05, 0) is 35.3 Å². The Hall–Kier alpha value is -3.16. The molecule has 2 aromatic heterocycles. The number of aromatic nitrogens is 2. The Balaban J connectivity index is 1.65. The summed E-state index contributed by atoms with van der Waals surface area (Å²) < 4.78 is 44.7. The van der Waals surface area contributed by atoms with Crippen molar-refractivity contribution in [3.05, 3.63) is 66.8 Å². The van der Waals surface area contributed by atoms with Crippen LogP contribution in [0, 0.1) is 0 Å². The molecule has 0 bridgehead atoms. The van der Waals surface area contributed by atoms with Gasteiger partial charge in [0.2, 0.25) is 5.69 Å². The van der Waals surface area contributed by atoms with Gasteiger partial charge < -0.3 is 9.73 Å². The number of benzene rings is 1. The van der Waals surface area contributed by atoms with Gasteiger partial charge in [-0.2, -0.15) is 13.2 Å². The van der Waals surface area contributed by atoms with Gasteiger partial charge in [-0.3, -0.25) is 4.79 Å². The molecular formula is C17H13F3N3O2+. The van der Waals surface area contributed by atoms with Crippen LogP contribution in [-0.2, 0) is 17.5 Å². The third-order valence-corrected chi connectivity index (χ3v) is 3.34. The smallest absolute Gasteiger partial charge is 0.416 e. The predicted octanol–water partition coefficient (Wildman–Crippen LogP) is 3.29. The van der Waals surface area contributed by atoms with E-state index in [0.717, 1.165) is 12.1 Å². The van der Waals surface area contributed by atoms with Gasteiger partial charge in [-0.25, -0.2) is 4.57 Å². The number of alkyl halides is 3. The van der Waals surface area contributed by atoms with Gasteiger partial charge in [0, 0.05) is 11.8 Å². The molecule has 0 saturated heterocycles. The van der Waals surface area contributed by atoms with E-state index in [2.05, 4.69) is 10.3 Å². The molecule has 1 aromatic carbocycles. The first-order chi connectivity index (χ1) is 11.9. The van der Waals surface area contributed by atoms with Crippen molar-refractivity contribution in [1.29, 1.82) is 0 Å². The number of carbonyl (C=O) groups is 1. The fraction of sp³-hybridized carbons (Fsp3) is 0.118. The Morgan fingerprint density at radius 3 is 2.68 bits per heavy atom. The van der Waals surface area contributed by atoms with E-state index in [-0.39, 0.29) is 12.2 Å². The quantitative estimate of drug-likeness (QED) is 0.736. The van der Waals surface area contributed by atoms with E-state index in [4.69, 9.17) is 4.42 Å². The SMILES string of the molecule is O=C(C[n+]1ccc(-c2ccco2)nc1)Nc1cccc(C(F)(F)F)c1. The van der Waals surface area contributed by atoms with Gasteiger partial charge in [-0.1, -0.05) is 6.07 Å². The maximum atomic E-state index is 12.7. The number of nitrogens with zero attached hydrogens (tertiary/aromatic N) is 2. The third-order valence-electron chi connectivity index (χ3n) is 3.34.